The third kappa shape index (κ3) is 4.98. The predicted octanol–water partition coefficient (Wildman–Crippen LogP) is 4.33. The van der Waals surface area contributed by atoms with E-state index in [9.17, 15) is 15.2 Å². The number of benzene rings is 4. The lowest BCUT2D eigenvalue weighted by molar-refractivity contribution is -0.734. The van der Waals surface area contributed by atoms with Crippen LogP contribution in [-0.4, -0.2) is 53.6 Å². The summed E-state index contributed by atoms with van der Waals surface area (Å²) in [6.07, 6.45) is -0.779. The van der Waals surface area contributed by atoms with Gasteiger partial charge in [-0.05, 0) is 62.5 Å². The first-order valence-corrected chi connectivity index (χ1v) is 13.8. The second-order valence-electron chi connectivity index (χ2n) is 8.68. The van der Waals surface area contributed by atoms with E-state index in [1.807, 2.05) is 54.6 Å². The smallest absolute Gasteiger partial charge is 0.365 e. The quantitative estimate of drug-likeness (QED) is 0.122. The Balaban J connectivity index is 1.44. The summed E-state index contributed by atoms with van der Waals surface area (Å²) in [5, 5.41) is 42.1. The number of hydrogen-bond donors (Lipinski definition) is 2. The molecule has 1 unspecified atom stereocenters. The van der Waals surface area contributed by atoms with E-state index in [1.54, 1.807) is 21.7 Å². The average molecular weight is 558 g/mol. The van der Waals surface area contributed by atoms with Crippen molar-refractivity contribution in [3.8, 4) is 22.2 Å². The monoisotopic (exact) mass is 557 g/mol. The lowest BCUT2D eigenvalue weighted by Gasteiger charge is -2.06. The van der Waals surface area contributed by atoms with Gasteiger partial charge in [-0.15, -0.1) is 11.8 Å². The normalized spacial score (nSPS) is 12.3. The standard InChI is InChI=1S/C27H21N6O4S2/c34-15-21(35)16-38-22-12-5-18(6-13-22)26-29-31(19-8-10-20(11-9-19)33(36)37)32(30-26)27-28-25-23-4-2-1-3-17(23)7-14-24(25)39-27/h1-14,21,34-35H,15-16H2/q+1. The van der Waals surface area contributed by atoms with Crippen molar-refractivity contribution in [3.05, 3.63) is 95.0 Å². The fourth-order valence-electron chi connectivity index (χ4n) is 4.08. The first-order valence-electron chi connectivity index (χ1n) is 12.0. The van der Waals surface area contributed by atoms with Gasteiger partial charge >= 0.3 is 5.13 Å². The van der Waals surface area contributed by atoms with Crippen LogP contribution in [0.3, 0.4) is 0 Å². The fraction of sp³-hybridized carbons (Fsp3) is 0.111. The fourth-order valence-corrected chi connectivity index (χ4v) is 5.82. The molecule has 194 valence electrons. The van der Waals surface area contributed by atoms with Gasteiger partial charge in [-0.3, -0.25) is 10.1 Å². The number of nitrogens with zero attached hydrogens (tertiary/aromatic N) is 6. The van der Waals surface area contributed by atoms with Gasteiger partial charge in [-0.1, -0.05) is 46.7 Å². The highest BCUT2D eigenvalue weighted by Gasteiger charge is 2.26. The maximum absolute atomic E-state index is 11.2. The van der Waals surface area contributed by atoms with Crippen LogP contribution in [0.15, 0.2) is 89.8 Å². The van der Waals surface area contributed by atoms with Gasteiger partial charge in [0.25, 0.3) is 11.5 Å². The molecule has 10 nitrogen and oxygen atoms in total. The van der Waals surface area contributed by atoms with Crippen molar-refractivity contribution in [1.29, 1.82) is 0 Å². The lowest BCUT2D eigenvalue weighted by Crippen LogP contribution is -2.43. The maximum Gasteiger partial charge on any atom is 0.365 e. The van der Waals surface area contributed by atoms with E-state index >= 15 is 0 Å². The number of nitro groups is 1. The van der Waals surface area contributed by atoms with Crippen molar-refractivity contribution >= 4 is 49.8 Å². The molecule has 1 atom stereocenters. The molecule has 6 rings (SSSR count). The van der Waals surface area contributed by atoms with E-state index in [0.29, 0.717) is 22.4 Å². The van der Waals surface area contributed by atoms with E-state index in [2.05, 4.69) is 6.07 Å². The van der Waals surface area contributed by atoms with E-state index < -0.39 is 11.0 Å². The molecule has 0 bridgehead atoms. The molecule has 0 aliphatic heterocycles. The predicted molar refractivity (Wildman–Crippen MR) is 149 cm³/mol. The summed E-state index contributed by atoms with van der Waals surface area (Å²) < 4.78 is 1.00. The van der Waals surface area contributed by atoms with Crippen molar-refractivity contribution in [2.75, 3.05) is 12.4 Å². The third-order valence-corrected chi connectivity index (χ3v) is 8.20. The number of rotatable bonds is 8. The van der Waals surface area contributed by atoms with E-state index in [-0.39, 0.29) is 12.3 Å². The highest BCUT2D eigenvalue weighted by Crippen LogP contribution is 2.30. The first-order chi connectivity index (χ1) is 19.0. The molecule has 2 heterocycles. The van der Waals surface area contributed by atoms with Crippen LogP contribution in [0.2, 0.25) is 0 Å². The number of nitro benzene ring substituents is 1. The number of non-ortho nitro benzene ring substituents is 1. The largest absolute Gasteiger partial charge is 0.394 e. The van der Waals surface area contributed by atoms with Crippen LogP contribution in [0.1, 0.15) is 0 Å². The number of aliphatic hydroxyl groups excluding tert-OH is 2. The Morgan fingerprint density at radius 2 is 1.79 bits per heavy atom. The molecule has 0 fully saturated rings. The van der Waals surface area contributed by atoms with Gasteiger partial charge in [0.1, 0.15) is 5.69 Å². The van der Waals surface area contributed by atoms with Crippen molar-refractivity contribution < 1.29 is 19.9 Å². The number of thiazole rings is 1. The molecule has 6 aromatic rings. The van der Waals surface area contributed by atoms with Crippen LogP contribution in [0, 0.1) is 10.1 Å². The molecule has 39 heavy (non-hydrogen) atoms. The molecule has 0 amide bonds. The van der Waals surface area contributed by atoms with Crippen molar-refractivity contribution in [1.82, 2.24) is 20.0 Å². The zero-order valence-electron chi connectivity index (χ0n) is 20.3. The van der Waals surface area contributed by atoms with Gasteiger partial charge in [0.15, 0.2) is 5.52 Å². The minimum atomic E-state index is -0.779. The molecular formula is C27H21N6O4S2+. The summed E-state index contributed by atoms with van der Waals surface area (Å²) in [5.74, 6) is 0.833. The Kier molecular flexibility index (Phi) is 6.75. The van der Waals surface area contributed by atoms with Crippen LogP contribution in [0.5, 0.6) is 0 Å². The highest BCUT2D eigenvalue weighted by molar-refractivity contribution is 7.99. The Hall–Kier alpha value is -4.23. The number of hydrogen-bond acceptors (Lipinski definition) is 9. The molecule has 0 spiro atoms. The molecular weight excluding hydrogens is 536 g/mol. The van der Waals surface area contributed by atoms with Gasteiger partial charge in [0, 0.05) is 38.8 Å². The molecule has 12 heteroatoms. The molecule has 0 aliphatic rings. The highest BCUT2D eigenvalue weighted by atomic mass is 32.2. The van der Waals surface area contributed by atoms with E-state index in [4.69, 9.17) is 20.3 Å². The summed E-state index contributed by atoms with van der Waals surface area (Å²) in [5.41, 5.74) is 2.21. The van der Waals surface area contributed by atoms with Gasteiger partial charge < -0.3 is 10.2 Å². The molecule has 2 N–H and O–H groups in total. The summed E-state index contributed by atoms with van der Waals surface area (Å²) >= 11 is 2.92. The molecule has 0 saturated carbocycles. The minimum Gasteiger partial charge on any atom is -0.394 e. The lowest BCUT2D eigenvalue weighted by atomic mass is 10.1. The first kappa shape index (κ1) is 25.1. The Labute approximate surface area is 229 Å². The second kappa shape index (κ2) is 10.5. The van der Waals surface area contributed by atoms with Crippen molar-refractivity contribution in [2.24, 2.45) is 0 Å². The molecule has 4 aromatic carbocycles. The molecule has 0 radical (unpaired) electrons. The molecule has 0 aliphatic carbocycles. The van der Waals surface area contributed by atoms with E-state index in [1.165, 1.54) is 35.2 Å². The topological polar surface area (TPSA) is 131 Å². The van der Waals surface area contributed by atoms with Crippen LogP contribution in [0.25, 0.3) is 43.2 Å². The van der Waals surface area contributed by atoms with E-state index in [0.717, 1.165) is 31.4 Å². The molecule has 2 aromatic heterocycles. The summed E-state index contributed by atoms with van der Waals surface area (Å²) in [7, 11) is 0. The average Bonchev–Trinajstić information content (AvgIpc) is 3.61. The number of aromatic nitrogens is 5. The third-order valence-electron chi connectivity index (χ3n) is 6.06. The number of thioether (sulfide) groups is 1. The summed E-state index contributed by atoms with van der Waals surface area (Å²) in [6.45, 7) is -0.281. The minimum absolute atomic E-state index is 0.0171. The van der Waals surface area contributed by atoms with Crippen molar-refractivity contribution in [3.63, 3.8) is 0 Å². The van der Waals surface area contributed by atoms with Gasteiger partial charge in [0.05, 0.1) is 22.3 Å². The van der Waals surface area contributed by atoms with Crippen molar-refractivity contribution in [2.45, 2.75) is 11.0 Å². The zero-order valence-corrected chi connectivity index (χ0v) is 21.9. The van der Waals surface area contributed by atoms with Gasteiger partial charge in [-0.2, -0.15) is 0 Å². The summed E-state index contributed by atoms with van der Waals surface area (Å²) in [6, 6.07) is 25.9. The maximum atomic E-state index is 11.2. The zero-order chi connectivity index (χ0) is 26.9. The Morgan fingerprint density at radius 1 is 1.03 bits per heavy atom. The Morgan fingerprint density at radius 3 is 2.54 bits per heavy atom. The molecule has 0 saturated heterocycles. The summed E-state index contributed by atoms with van der Waals surface area (Å²) in [4.78, 5) is 19.8. The number of fused-ring (bicyclic) bond motifs is 3. The number of tetrazole rings is 1. The SMILES string of the molecule is O=[N+]([O-])c1ccc(-n2nc(-c3ccc(SCC(O)CO)cc3)n[n+]2-c2nc3c(ccc4ccccc43)s2)cc1. The van der Waals surface area contributed by atoms with Gasteiger partial charge in [0.2, 0.25) is 0 Å². The van der Waals surface area contributed by atoms with Crippen LogP contribution < -0.4 is 4.80 Å². The Bertz CT molecular complexity index is 1800. The van der Waals surface area contributed by atoms with Crippen LogP contribution in [-0.2, 0) is 0 Å². The second-order valence-corrected chi connectivity index (χ2v) is 10.8. The van der Waals surface area contributed by atoms with Crippen LogP contribution >= 0.6 is 23.1 Å². The number of aliphatic hydroxyl groups is 2. The van der Waals surface area contributed by atoms with Gasteiger partial charge in [-0.25, -0.2) is 0 Å². The van der Waals surface area contributed by atoms with Crippen LogP contribution in [0.4, 0.5) is 5.69 Å².